The first-order chi connectivity index (χ1) is 11.0. The van der Waals surface area contributed by atoms with E-state index in [1.807, 2.05) is 13.0 Å². The summed E-state index contributed by atoms with van der Waals surface area (Å²) in [6.07, 6.45) is 1.62. The topological polar surface area (TPSA) is 45.5 Å². The summed E-state index contributed by atoms with van der Waals surface area (Å²) in [6.45, 7) is 2.38. The molecule has 0 radical (unpaired) electrons. The Balaban J connectivity index is 1.91. The standard InChI is InChI=1S/C16H12Cl2N2O2S/c1-2-20-15(21)12(19-16(20)23)8-9-6-7-13(22-9)10-4-3-5-11(17)14(10)18/h3-8H,2H2,1H3,(H,19,23)/b12-8-. The number of benzene rings is 1. The molecule has 1 saturated heterocycles. The van der Waals surface area contributed by atoms with Crippen molar-refractivity contribution >= 4 is 52.5 Å². The summed E-state index contributed by atoms with van der Waals surface area (Å²) in [4.78, 5) is 13.6. The number of halogens is 2. The van der Waals surface area contributed by atoms with Crippen LogP contribution in [0.1, 0.15) is 12.7 Å². The minimum absolute atomic E-state index is 0.170. The predicted molar refractivity (Wildman–Crippen MR) is 95.3 cm³/mol. The van der Waals surface area contributed by atoms with E-state index in [-0.39, 0.29) is 5.91 Å². The molecule has 23 heavy (non-hydrogen) atoms. The minimum Gasteiger partial charge on any atom is -0.457 e. The number of carbonyl (C=O) groups excluding carboxylic acids is 1. The first-order valence-electron chi connectivity index (χ1n) is 6.90. The molecule has 2 aromatic rings. The van der Waals surface area contributed by atoms with E-state index in [0.717, 1.165) is 0 Å². The molecule has 3 rings (SSSR count). The first kappa shape index (κ1) is 16.1. The van der Waals surface area contributed by atoms with Gasteiger partial charge < -0.3 is 9.73 Å². The van der Waals surface area contributed by atoms with Crippen LogP contribution in [0.25, 0.3) is 17.4 Å². The van der Waals surface area contributed by atoms with Gasteiger partial charge in [0, 0.05) is 18.2 Å². The number of thiocarbonyl (C=S) groups is 1. The molecular formula is C16H12Cl2N2O2S. The zero-order valence-corrected chi connectivity index (χ0v) is 14.4. The van der Waals surface area contributed by atoms with Gasteiger partial charge in [-0.05, 0) is 43.4 Å². The maximum absolute atomic E-state index is 12.2. The molecule has 1 amide bonds. The molecule has 1 fully saturated rings. The fourth-order valence-corrected chi connectivity index (χ4v) is 2.99. The monoisotopic (exact) mass is 366 g/mol. The Labute approximate surface area is 148 Å². The number of amides is 1. The quantitative estimate of drug-likeness (QED) is 0.648. The average molecular weight is 367 g/mol. The van der Waals surface area contributed by atoms with Crippen molar-refractivity contribution < 1.29 is 9.21 Å². The summed E-state index contributed by atoms with van der Waals surface area (Å²) >= 11 is 17.3. The Bertz CT molecular complexity index is 829. The lowest BCUT2D eigenvalue weighted by Crippen LogP contribution is -2.30. The molecule has 0 atom stereocenters. The van der Waals surface area contributed by atoms with E-state index >= 15 is 0 Å². The summed E-state index contributed by atoms with van der Waals surface area (Å²) < 4.78 is 5.75. The zero-order chi connectivity index (χ0) is 16.6. The summed E-state index contributed by atoms with van der Waals surface area (Å²) in [5, 5.41) is 4.16. The molecule has 1 aromatic carbocycles. The molecular weight excluding hydrogens is 355 g/mol. The number of rotatable bonds is 3. The van der Waals surface area contributed by atoms with E-state index in [0.29, 0.717) is 44.5 Å². The van der Waals surface area contributed by atoms with Gasteiger partial charge in [-0.1, -0.05) is 29.3 Å². The van der Waals surface area contributed by atoms with Gasteiger partial charge in [0.15, 0.2) is 5.11 Å². The van der Waals surface area contributed by atoms with Gasteiger partial charge in [0.05, 0.1) is 10.0 Å². The highest BCUT2D eigenvalue weighted by molar-refractivity contribution is 7.80. The van der Waals surface area contributed by atoms with Crippen molar-refractivity contribution in [1.29, 1.82) is 0 Å². The van der Waals surface area contributed by atoms with E-state index in [9.17, 15) is 4.79 Å². The Morgan fingerprint density at radius 2 is 2.09 bits per heavy atom. The minimum atomic E-state index is -0.170. The molecule has 0 unspecified atom stereocenters. The maximum atomic E-state index is 12.2. The number of nitrogens with one attached hydrogen (secondary N) is 1. The average Bonchev–Trinajstić information content (AvgIpc) is 3.08. The highest BCUT2D eigenvalue weighted by atomic mass is 35.5. The number of carbonyl (C=O) groups is 1. The van der Waals surface area contributed by atoms with Crippen LogP contribution in [0.5, 0.6) is 0 Å². The molecule has 0 aliphatic carbocycles. The van der Waals surface area contributed by atoms with Crippen molar-refractivity contribution in [3.05, 3.63) is 51.8 Å². The van der Waals surface area contributed by atoms with Crippen molar-refractivity contribution in [2.45, 2.75) is 6.92 Å². The Hall–Kier alpha value is -1.82. The van der Waals surface area contributed by atoms with Gasteiger partial charge in [0.2, 0.25) is 0 Å². The molecule has 7 heteroatoms. The van der Waals surface area contributed by atoms with Crippen LogP contribution in [0, 0.1) is 0 Å². The number of hydrogen-bond acceptors (Lipinski definition) is 3. The summed E-state index contributed by atoms with van der Waals surface area (Å²) in [6, 6.07) is 8.85. The molecule has 1 aliphatic rings. The number of likely N-dealkylation sites (N-methyl/N-ethyl adjacent to an activating group) is 1. The van der Waals surface area contributed by atoms with E-state index in [1.165, 1.54) is 4.90 Å². The Kier molecular flexibility index (Phi) is 4.43. The number of furan rings is 1. The normalized spacial score (nSPS) is 16.3. The lowest BCUT2D eigenvalue weighted by Gasteiger charge is -2.08. The van der Waals surface area contributed by atoms with E-state index in [4.69, 9.17) is 39.8 Å². The van der Waals surface area contributed by atoms with Crippen molar-refractivity contribution in [2.75, 3.05) is 6.54 Å². The second kappa shape index (κ2) is 6.35. The van der Waals surface area contributed by atoms with Crippen molar-refractivity contribution in [2.24, 2.45) is 0 Å². The van der Waals surface area contributed by atoms with Crippen molar-refractivity contribution in [1.82, 2.24) is 10.2 Å². The van der Waals surface area contributed by atoms with Crippen molar-refractivity contribution in [3.8, 4) is 11.3 Å². The molecule has 1 N–H and O–H groups in total. The lowest BCUT2D eigenvalue weighted by atomic mass is 10.2. The highest BCUT2D eigenvalue weighted by Gasteiger charge is 2.29. The molecule has 0 saturated carbocycles. The molecule has 2 heterocycles. The lowest BCUT2D eigenvalue weighted by molar-refractivity contribution is -0.122. The van der Waals surface area contributed by atoms with Gasteiger partial charge in [-0.3, -0.25) is 9.69 Å². The van der Waals surface area contributed by atoms with E-state index < -0.39 is 0 Å². The fourth-order valence-electron chi connectivity index (χ4n) is 2.27. The third-order valence-corrected chi connectivity index (χ3v) is 4.55. The smallest absolute Gasteiger partial charge is 0.276 e. The van der Waals surface area contributed by atoms with Crippen LogP contribution in [0.3, 0.4) is 0 Å². The molecule has 0 bridgehead atoms. The number of hydrogen-bond donors (Lipinski definition) is 1. The highest BCUT2D eigenvalue weighted by Crippen LogP contribution is 2.34. The van der Waals surface area contributed by atoms with Crippen LogP contribution in [-0.4, -0.2) is 22.5 Å². The van der Waals surface area contributed by atoms with Crippen LogP contribution >= 0.6 is 35.4 Å². The van der Waals surface area contributed by atoms with Crippen LogP contribution < -0.4 is 5.32 Å². The van der Waals surface area contributed by atoms with Crippen molar-refractivity contribution in [3.63, 3.8) is 0 Å². The zero-order valence-electron chi connectivity index (χ0n) is 12.1. The third-order valence-electron chi connectivity index (χ3n) is 3.41. The van der Waals surface area contributed by atoms with Gasteiger partial charge in [-0.15, -0.1) is 0 Å². The van der Waals surface area contributed by atoms with Gasteiger partial charge in [-0.2, -0.15) is 0 Å². The summed E-state index contributed by atoms with van der Waals surface area (Å²) in [5.41, 5.74) is 1.08. The second-order valence-electron chi connectivity index (χ2n) is 4.84. The maximum Gasteiger partial charge on any atom is 0.276 e. The summed E-state index contributed by atoms with van der Waals surface area (Å²) in [7, 11) is 0. The Morgan fingerprint density at radius 1 is 1.30 bits per heavy atom. The van der Waals surface area contributed by atoms with Crippen LogP contribution in [0.4, 0.5) is 0 Å². The van der Waals surface area contributed by atoms with Gasteiger partial charge in [0.25, 0.3) is 5.91 Å². The Morgan fingerprint density at radius 3 is 2.78 bits per heavy atom. The van der Waals surface area contributed by atoms with Crippen LogP contribution in [-0.2, 0) is 4.79 Å². The third kappa shape index (κ3) is 3.00. The van der Waals surface area contributed by atoms with E-state index in [1.54, 1.807) is 30.3 Å². The molecule has 118 valence electrons. The SMILES string of the molecule is CCN1C(=O)/C(=C/c2ccc(-c3cccc(Cl)c3Cl)o2)NC1=S. The molecule has 1 aliphatic heterocycles. The largest absolute Gasteiger partial charge is 0.457 e. The van der Waals surface area contributed by atoms with Gasteiger partial charge >= 0.3 is 0 Å². The predicted octanol–water partition coefficient (Wildman–Crippen LogP) is 4.33. The molecule has 1 aromatic heterocycles. The molecule has 0 spiro atoms. The second-order valence-corrected chi connectivity index (χ2v) is 6.01. The number of nitrogens with zero attached hydrogens (tertiary/aromatic N) is 1. The fraction of sp³-hybridized carbons (Fsp3) is 0.125. The van der Waals surface area contributed by atoms with E-state index in [2.05, 4.69) is 5.32 Å². The summed E-state index contributed by atoms with van der Waals surface area (Å²) in [5.74, 6) is 0.925. The molecule has 4 nitrogen and oxygen atoms in total. The van der Waals surface area contributed by atoms with Gasteiger partial charge in [-0.25, -0.2) is 0 Å². The van der Waals surface area contributed by atoms with Crippen LogP contribution in [0.2, 0.25) is 10.0 Å². The first-order valence-corrected chi connectivity index (χ1v) is 8.06. The van der Waals surface area contributed by atoms with Crippen LogP contribution in [0.15, 0.2) is 40.4 Å². The van der Waals surface area contributed by atoms with Gasteiger partial charge in [0.1, 0.15) is 17.2 Å².